The number of benzene rings is 3. The molecule has 6 nitrogen and oxygen atoms in total. The number of hydrogen-bond acceptors (Lipinski definition) is 6. The van der Waals surface area contributed by atoms with Gasteiger partial charge in [0, 0.05) is 24.1 Å². The summed E-state index contributed by atoms with van der Waals surface area (Å²) >= 11 is 6.00. The van der Waals surface area contributed by atoms with Crippen molar-refractivity contribution in [3.63, 3.8) is 0 Å². The average Bonchev–Trinajstić information content (AvgIpc) is 2.96. The Morgan fingerprint density at radius 1 is 0.643 bits per heavy atom. The number of nitrogens with zero attached hydrogens (tertiary/aromatic N) is 4. The first-order valence-corrected chi connectivity index (χ1v) is 14.5. The highest BCUT2D eigenvalue weighted by Gasteiger charge is 2.09. The van der Waals surface area contributed by atoms with Gasteiger partial charge in [0.25, 0.3) is 0 Å². The number of rotatable bonds is 8. The minimum Gasteiger partial charge on any atom is -0.491 e. The van der Waals surface area contributed by atoms with Crippen LogP contribution in [0.2, 0.25) is 5.15 Å². The molecule has 2 heterocycles. The lowest BCUT2D eigenvalue weighted by Crippen LogP contribution is -2.06. The zero-order chi connectivity index (χ0) is 30.1. The number of hydrogen-bond donors (Lipinski definition) is 1. The molecule has 3 aromatic carbocycles. The van der Waals surface area contributed by atoms with Crippen LogP contribution in [0.25, 0.3) is 0 Å². The van der Waals surface area contributed by atoms with E-state index < -0.39 is 0 Å². The maximum absolute atomic E-state index is 6.00. The van der Waals surface area contributed by atoms with Gasteiger partial charge in [-0.25, -0.2) is 0 Å². The first-order valence-electron chi connectivity index (χ1n) is 14.1. The monoisotopic (exact) mass is 579 g/mol. The summed E-state index contributed by atoms with van der Waals surface area (Å²) in [6.07, 6.45) is 1.78. The van der Waals surface area contributed by atoms with Crippen molar-refractivity contribution < 1.29 is 4.74 Å². The maximum atomic E-state index is 6.00. The number of halogens is 1. The van der Waals surface area contributed by atoms with Crippen LogP contribution in [-0.4, -0.2) is 26.5 Å². The molecule has 0 saturated heterocycles. The van der Waals surface area contributed by atoms with Gasteiger partial charge in [0.15, 0.2) is 11.0 Å². The van der Waals surface area contributed by atoms with E-state index in [1.807, 2.05) is 58.0 Å². The molecule has 0 amide bonds. The molecule has 0 saturated carbocycles. The molecule has 2 aromatic heterocycles. The first-order chi connectivity index (χ1) is 20.1. The summed E-state index contributed by atoms with van der Waals surface area (Å²) in [7, 11) is 0. The number of nitrogens with one attached hydrogen (secondary N) is 1. The van der Waals surface area contributed by atoms with Gasteiger partial charge in [-0.2, -0.15) is 10.2 Å². The molecule has 0 bridgehead atoms. The van der Waals surface area contributed by atoms with E-state index in [1.54, 1.807) is 0 Å². The molecule has 5 aromatic rings. The molecule has 0 aliphatic rings. The summed E-state index contributed by atoms with van der Waals surface area (Å²) in [6.45, 7) is 12.1. The van der Waals surface area contributed by atoms with Gasteiger partial charge in [-0.05, 0) is 94.6 Å². The molecule has 0 spiro atoms. The summed E-state index contributed by atoms with van der Waals surface area (Å²) in [4.78, 5) is 0. The zero-order valence-electron chi connectivity index (χ0n) is 25.1. The van der Waals surface area contributed by atoms with Crippen LogP contribution in [0.1, 0.15) is 58.6 Å². The Morgan fingerprint density at radius 2 is 1.14 bits per heavy atom. The largest absolute Gasteiger partial charge is 0.491 e. The van der Waals surface area contributed by atoms with E-state index in [2.05, 4.69) is 94.2 Å². The number of aromatic nitrogens is 4. The predicted molar refractivity (Wildman–Crippen MR) is 172 cm³/mol. The van der Waals surface area contributed by atoms with E-state index in [9.17, 15) is 0 Å². The van der Waals surface area contributed by atoms with Crippen molar-refractivity contribution >= 4 is 23.1 Å². The van der Waals surface area contributed by atoms with Crippen molar-refractivity contribution in [3.8, 4) is 5.75 Å². The van der Waals surface area contributed by atoms with Gasteiger partial charge in [0.1, 0.15) is 5.75 Å². The second kappa shape index (κ2) is 14.6. The predicted octanol–water partition coefficient (Wildman–Crippen LogP) is 8.55. The molecule has 1 N–H and O–H groups in total. The number of ether oxygens (including phenoxy) is 1. The second-order valence-electron chi connectivity index (χ2n) is 10.8. The highest BCUT2D eigenvalue weighted by atomic mass is 35.5. The molecule has 0 radical (unpaired) electrons. The van der Waals surface area contributed by atoms with Crippen LogP contribution in [0.3, 0.4) is 0 Å². The van der Waals surface area contributed by atoms with Crippen LogP contribution in [0, 0.1) is 27.7 Å². The van der Waals surface area contributed by atoms with Crippen molar-refractivity contribution in [1.82, 2.24) is 20.4 Å². The summed E-state index contributed by atoms with van der Waals surface area (Å²) in [5.41, 5.74) is 9.95. The Balaban J connectivity index is 0.000000216. The van der Waals surface area contributed by atoms with Crippen molar-refractivity contribution in [2.24, 2.45) is 0 Å². The molecule has 0 unspecified atom stereocenters. The zero-order valence-corrected chi connectivity index (χ0v) is 25.9. The fraction of sp³-hybridized carbons (Fsp3) is 0.257. The molecular weight excluding hydrogens is 542 g/mol. The van der Waals surface area contributed by atoms with Gasteiger partial charge in [-0.15, -0.1) is 10.2 Å². The first kappa shape index (κ1) is 30.7. The topological polar surface area (TPSA) is 72.8 Å². The Bertz CT molecular complexity index is 1580. The minimum atomic E-state index is 0.165. The SMILES string of the molecule is Cc1ccc(Cc2cc(C)nnc2Cl)cc1.Cc1ccc(Cc2cc(C)nnc2Nc2ccc(OC(C)C)cc2)cc1. The molecule has 216 valence electrons. The summed E-state index contributed by atoms with van der Waals surface area (Å²) in [5.74, 6) is 1.65. The summed E-state index contributed by atoms with van der Waals surface area (Å²) < 4.78 is 5.69. The van der Waals surface area contributed by atoms with Crippen LogP contribution in [0.5, 0.6) is 5.75 Å². The van der Waals surface area contributed by atoms with Crippen molar-refractivity contribution in [2.75, 3.05) is 5.32 Å². The third-order valence-corrected chi connectivity index (χ3v) is 6.78. The normalized spacial score (nSPS) is 10.7. The maximum Gasteiger partial charge on any atom is 0.156 e. The van der Waals surface area contributed by atoms with E-state index in [1.165, 1.54) is 22.3 Å². The van der Waals surface area contributed by atoms with E-state index >= 15 is 0 Å². The van der Waals surface area contributed by atoms with Crippen LogP contribution >= 0.6 is 11.6 Å². The average molecular weight is 580 g/mol. The van der Waals surface area contributed by atoms with Crippen molar-refractivity contribution in [1.29, 1.82) is 0 Å². The van der Waals surface area contributed by atoms with Crippen LogP contribution in [-0.2, 0) is 12.8 Å². The molecular formula is C35H38ClN5O. The molecule has 7 heteroatoms. The highest BCUT2D eigenvalue weighted by molar-refractivity contribution is 6.30. The van der Waals surface area contributed by atoms with E-state index in [0.29, 0.717) is 5.15 Å². The Hall–Kier alpha value is -4.29. The smallest absolute Gasteiger partial charge is 0.156 e. The fourth-order valence-electron chi connectivity index (χ4n) is 4.31. The lowest BCUT2D eigenvalue weighted by molar-refractivity contribution is 0.242. The molecule has 0 aliphatic heterocycles. The van der Waals surface area contributed by atoms with Gasteiger partial charge in [0.2, 0.25) is 0 Å². The molecule has 0 aliphatic carbocycles. The lowest BCUT2D eigenvalue weighted by Gasteiger charge is -2.13. The van der Waals surface area contributed by atoms with Crippen molar-refractivity contribution in [3.05, 3.63) is 135 Å². The highest BCUT2D eigenvalue weighted by Crippen LogP contribution is 2.24. The minimum absolute atomic E-state index is 0.165. The Labute approximate surface area is 254 Å². The van der Waals surface area contributed by atoms with Crippen LogP contribution in [0.15, 0.2) is 84.9 Å². The molecule has 42 heavy (non-hydrogen) atoms. The second-order valence-corrected chi connectivity index (χ2v) is 11.2. The Morgan fingerprint density at radius 3 is 1.69 bits per heavy atom. The van der Waals surface area contributed by atoms with Gasteiger partial charge >= 0.3 is 0 Å². The van der Waals surface area contributed by atoms with Gasteiger partial charge in [0.05, 0.1) is 17.5 Å². The van der Waals surface area contributed by atoms with E-state index in [4.69, 9.17) is 16.3 Å². The van der Waals surface area contributed by atoms with Crippen molar-refractivity contribution in [2.45, 2.75) is 60.5 Å². The molecule has 0 fully saturated rings. The van der Waals surface area contributed by atoms with E-state index in [-0.39, 0.29) is 6.10 Å². The van der Waals surface area contributed by atoms with Gasteiger partial charge < -0.3 is 10.1 Å². The van der Waals surface area contributed by atoms with Crippen LogP contribution in [0.4, 0.5) is 11.5 Å². The standard InChI is InChI=1S/C22H25N3O.C13H13ClN2/c1-15(2)26-21-11-9-20(10-12-21)23-22-19(13-17(4)24-25-22)14-18-7-5-16(3)6-8-18;1-9-3-5-11(6-4-9)8-12-7-10(2)15-16-13(12)14/h5-13,15H,14H2,1-4H3,(H,23,25);3-7H,8H2,1-2H3. The summed E-state index contributed by atoms with van der Waals surface area (Å²) in [5, 5.41) is 20.3. The van der Waals surface area contributed by atoms with Gasteiger partial charge in [-0.3, -0.25) is 0 Å². The third-order valence-electron chi connectivity index (χ3n) is 6.46. The molecule has 5 rings (SSSR count). The van der Waals surface area contributed by atoms with Gasteiger partial charge in [-0.1, -0.05) is 71.3 Å². The number of aryl methyl sites for hydroxylation is 4. The third kappa shape index (κ3) is 9.38. The lowest BCUT2D eigenvalue weighted by atomic mass is 10.0. The fourth-order valence-corrected chi connectivity index (χ4v) is 4.47. The Kier molecular flexibility index (Phi) is 10.6. The summed E-state index contributed by atoms with van der Waals surface area (Å²) in [6, 6.07) is 29.0. The van der Waals surface area contributed by atoms with E-state index in [0.717, 1.165) is 52.6 Å². The number of anilines is 2. The molecule has 0 atom stereocenters. The van der Waals surface area contributed by atoms with Crippen LogP contribution < -0.4 is 10.1 Å². The quantitative estimate of drug-likeness (QED) is 0.198.